The second-order valence-corrected chi connectivity index (χ2v) is 7.70. The number of Topliss-reactive ketones (excluding diaryl/α,β-unsaturated/α-hetero) is 1. The summed E-state index contributed by atoms with van der Waals surface area (Å²) in [7, 11) is 3.66. The summed E-state index contributed by atoms with van der Waals surface area (Å²) in [6, 6.07) is 3.34. The van der Waals surface area contributed by atoms with Crippen LogP contribution in [-0.2, 0) is 4.79 Å². The van der Waals surface area contributed by atoms with Crippen LogP contribution in [0.5, 0.6) is 5.75 Å². The van der Waals surface area contributed by atoms with Gasteiger partial charge in [0.25, 0.3) is 0 Å². The second-order valence-electron chi connectivity index (χ2n) is 7.70. The van der Waals surface area contributed by atoms with Crippen LogP contribution in [0.25, 0.3) is 6.08 Å². The van der Waals surface area contributed by atoms with Gasteiger partial charge in [-0.3, -0.25) is 9.59 Å². The topological polar surface area (TPSA) is 98.1 Å². The summed E-state index contributed by atoms with van der Waals surface area (Å²) in [5.41, 5.74) is 1.51. The summed E-state index contributed by atoms with van der Waals surface area (Å²) >= 11 is 0. The Morgan fingerprint density at radius 1 is 1.07 bits per heavy atom. The molecular formula is C22H29NO5. The van der Waals surface area contributed by atoms with E-state index in [9.17, 15) is 24.9 Å². The van der Waals surface area contributed by atoms with Crippen LogP contribution in [0.15, 0.2) is 30.4 Å². The van der Waals surface area contributed by atoms with Crippen LogP contribution in [0.3, 0.4) is 0 Å². The first kappa shape index (κ1) is 21.9. The van der Waals surface area contributed by atoms with Gasteiger partial charge in [0.15, 0.2) is 11.6 Å². The quantitative estimate of drug-likeness (QED) is 0.685. The highest BCUT2D eigenvalue weighted by Gasteiger charge is 2.24. The lowest BCUT2D eigenvalue weighted by atomic mass is 9.87. The van der Waals surface area contributed by atoms with Crippen molar-refractivity contribution in [3.8, 4) is 5.75 Å². The number of carbonyl (C=O) groups is 2. The van der Waals surface area contributed by atoms with Gasteiger partial charge in [0.1, 0.15) is 11.9 Å². The van der Waals surface area contributed by atoms with Crippen molar-refractivity contribution < 1.29 is 24.9 Å². The molecule has 3 N–H and O–H groups in total. The first-order chi connectivity index (χ1) is 13.1. The molecule has 0 heterocycles. The molecular weight excluding hydrogens is 358 g/mol. The van der Waals surface area contributed by atoms with Gasteiger partial charge in [-0.1, -0.05) is 32.1 Å². The maximum Gasteiger partial charge on any atom is 0.186 e. The number of carbonyl (C=O) groups excluding carboxylic acids is 2. The van der Waals surface area contributed by atoms with E-state index in [4.69, 9.17) is 0 Å². The third-order valence-electron chi connectivity index (χ3n) is 5.23. The van der Waals surface area contributed by atoms with E-state index >= 15 is 0 Å². The number of fused-ring (bicyclic) bond motifs is 1. The molecule has 6 heteroatoms. The van der Waals surface area contributed by atoms with Gasteiger partial charge >= 0.3 is 0 Å². The molecule has 0 amide bonds. The van der Waals surface area contributed by atoms with Gasteiger partial charge in [-0.15, -0.1) is 0 Å². The zero-order valence-corrected chi connectivity index (χ0v) is 16.8. The molecule has 0 aromatic heterocycles. The van der Waals surface area contributed by atoms with E-state index in [2.05, 4.69) is 0 Å². The van der Waals surface area contributed by atoms with E-state index in [0.717, 1.165) is 5.69 Å². The number of benzene rings is 1. The highest BCUT2D eigenvalue weighted by atomic mass is 16.3. The molecule has 0 fully saturated rings. The van der Waals surface area contributed by atoms with Crippen molar-refractivity contribution in [2.45, 2.75) is 38.9 Å². The van der Waals surface area contributed by atoms with Crippen LogP contribution < -0.4 is 4.90 Å². The summed E-state index contributed by atoms with van der Waals surface area (Å²) in [6.45, 7) is 3.78. The number of aliphatic hydroxyl groups excluding tert-OH is 2. The van der Waals surface area contributed by atoms with Gasteiger partial charge in [0, 0.05) is 32.3 Å². The van der Waals surface area contributed by atoms with Crippen LogP contribution in [0.1, 0.15) is 42.6 Å². The zero-order valence-electron chi connectivity index (χ0n) is 16.8. The number of nitrogens with zero attached hydrogens (tertiary/aromatic N) is 1. The molecule has 2 rings (SSSR count). The van der Waals surface area contributed by atoms with Crippen LogP contribution >= 0.6 is 0 Å². The first-order valence-corrected chi connectivity index (χ1v) is 9.44. The van der Waals surface area contributed by atoms with E-state index < -0.39 is 18.0 Å². The molecule has 0 saturated heterocycles. The Labute approximate surface area is 165 Å². The standard InChI is InChI=1S/C22H29NO5/c1-13-8-9-18(25)22(28)17(24)7-5-6-15-11-16(23(3)4)12-20(27)21(15)19(26)10-14(13)2/h5-6,8-9,11-14,17,22,24,27-28H,7,10H2,1-4H3/b6-5+,9-8-/t13-,14-,17+,22+/m1/s1. The molecule has 1 aliphatic rings. The predicted molar refractivity (Wildman–Crippen MR) is 110 cm³/mol. The summed E-state index contributed by atoms with van der Waals surface area (Å²) in [4.78, 5) is 26.8. The van der Waals surface area contributed by atoms with Crippen molar-refractivity contribution in [2.24, 2.45) is 11.8 Å². The maximum atomic E-state index is 12.9. The maximum absolute atomic E-state index is 12.9. The molecule has 0 radical (unpaired) electrons. The van der Waals surface area contributed by atoms with Gasteiger partial charge in [-0.2, -0.15) is 0 Å². The monoisotopic (exact) mass is 387 g/mol. The normalized spacial score (nSPS) is 28.9. The smallest absolute Gasteiger partial charge is 0.186 e. The van der Waals surface area contributed by atoms with Crippen molar-refractivity contribution in [3.63, 3.8) is 0 Å². The molecule has 0 saturated carbocycles. The summed E-state index contributed by atoms with van der Waals surface area (Å²) in [5.74, 6) is -1.00. The number of hydrogen-bond acceptors (Lipinski definition) is 6. The Morgan fingerprint density at radius 3 is 2.39 bits per heavy atom. The molecule has 1 aliphatic carbocycles. The number of allylic oxidation sites excluding steroid dienone is 1. The summed E-state index contributed by atoms with van der Waals surface area (Å²) < 4.78 is 0. The molecule has 4 atom stereocenters. The van der Waals surface area contributed by atoms with Crippen molar-refractivity contribution in [3.05, 3.63) is 41.5 Å². The van der Waals surface area contributed by atoms with Gasteiger partial charge < -0.3 is 20.2 Å². The van der Waals surface area contributed by atoms with Crippen LogP contribution in [0.2, 0.25) is 0 Å². The minimum atomic E-state index is -1.51. The van der Waals surface area contributed by atoms with Crippen molar-refractivity contribution in [2.75, 3.05) is 19.0 Å². The molecule has 0 spiro atoms. The number of phenolic OH excluding ortho intramolecular Hbond substituents is 1. The Morgan fingerprint density at radius 2 is 1.75 bits per heavy atom. The zero-order chi connectivity index (χ0) is 21.0. The van der Waals surface area contributed by atoms with Gasteiger partial charge in [-0.25, -0.2) is 0 Å². The third kappa shape index (κ3) is 5.09. The number of aliphatic hydroxyl groups is 2. The fraction of sp³-hybridized carbons (Fsp3) is 0.455. The van der Waals surface area contributed by atoms with Crippen LogP contribution in [0.4, 0.5) is 5.69 Å². The fourth-order valence-corrected chi connectivity index (χ4v) is 3.09. The second kappa shape index (κ2) is 9.17. The molecule has 0 bridgehead atoms. The minimum absolute atomic E-state index is 0.0350. The van der Waals surface area contributed by atoms with Crippen molar-refractivity contribution in [1.82, 2.24) is 0 Å². The van der Waals surface area contributed by atoms with E-state index in [1.807, 2.05) is 32.8 Å². The van der Waals surface area contributed by atoms with E-state index in [0.29, 0.717) is 5.56 Å². The third-order valence-corrected chi connectivity index (χ3v) is 5.23. The molecule has 28 heavy (non-hydrogen) atoms. The van der Waals surface area contributed by atoms with Crippen molar-refractivity contribution in [1.29, 1.82) is 0 Å². The number of hydrogen-bond donors (Lipinski definition) is 3. The molecule has 6 nitrogen and oxygen atoms in total. The molecule has 152 valence electrons. The van der Waals surface area contributed by atoms with Gasteiger partial charge in [-0.05, 0) is 36.0 Å². The first-order valence-electron chi connectivity index (χ1n) is 9.44. The van der Waals surface area contributed by atoms with Gasteiger partial charge in [0.05, 0.1) is 11.7 Å². The molecule has 0 unspecified atom stereocenters. The number of ketones is 2. The highest BCUT2D eigenvalue weighted by molar-refractivity contribution is 6.02. The van der Waals surface area contributed by atoms with E-state index in [-0.39, 0.29) is 41.8 Å². The number of aromatic hydroxyl groups is 1. The SMILES string of the molecule is C[C@@H]1/C=C\C(=O)[C@@H](O)[C@@H](O)C/C=C/c2cc(N(C)C)cc(O)c2C(=O)C[C@H]1C. The minimum Gasteiger partial charge on any atom is -0.507 e. The molecule has 1 aromatic carbocycles. The summed E-state index contributed by atoms with van der Waals surface area (Å²) in [5, 5.41) is 30.6. The lowest BCUT2D eigenvalue weighted by Crippen LogP contribution is -2.32. The Bertz CT molecular complexity index is 796. The van der Waals surface area contributed by atoms with Crippen LogP contribution in [-0.4, -0.2) is 53.2 Å². The summed E-state index contributed by atoms with van der Waals surface area (Å²) in [6.07, 6.45) is 3.62. The van der Waals surface area contributed by atoms with E-state index in [1.54, 1.807) is 30.4 Å². The Kier molecular flexibility index (Phi) is 7.16. The average molecular weight is 387 g/mol. The fourth-order valence-electron chi connectivity index (χ4n) is 3.09. The highest BCUT2D eigenvalue weighted by Crippen LogP contribution is 2.32. The molecule has 0 aliphatic heterocycles. The predicted octanol–water partition coefficient (Wildman–Crippen LogP) is 2.57. The number of phenols is 1. The van der Waals surface area contributed by atoms with Crippen LogP contribution in [0, 0.1) is 11.8 Å². The Hall–Kier alpha value is -2.44. The lowest BCUT2D eigenvalue weighted by Gasteiger charge is -2.20. The van der Waals surface area contributed by atoms with Crippen molar-refractivity contribution >= 4 is 23.3 Å². The number of rotatable bonds is 1. The van der Waals surface area contributed by atoms with Gasteiger partial charge in [0.2, 0.25) is 0 Å². The molecule has 1 aromatic rings. The largest absolute Gasteiger partial charge is 0.507 e. The Balaban J connectivity index is 2.53. The average Bonchev–Trinajstić information content (AvgIpc) is 2.63. The number of anilines is 1. The van der Waals surface area contributed by atoms with E-state index in [1.165, 1.54) is 6.08 Å². The lowest BCUT2D eigenvalue weighted by molar-refractivity contribution is -0.127.